The predicted octanol–water partition coefficient (Wildman–Crippen LogP) is 2.76. The van der Waals surface area contributed by atoms with Crippen LogP contribution in [0.15, 0.2) is 0 Å². The molecule has 2 heterocycles. The number of aliphatic hydroxyl groups excluding tert-OH is 1. The molecule has 3 fully saturated rings. The van der Waals surface area contributed by atoms with Gasteiger partial charge in [-0.3, -0.25) is 4.90 Å². The third kappa shape index (κ3) is 3.30. The number of hydrogen-bond acceptors (Lipinski definition) is 3. The summed E-state index contributed by atoms with van der Waals surface area (Å²) < 4.78 is 0. The predicted molar refractivity (Wildman–Crippen MR) is 87.0 cm³/mol. The van der Waals surface area contributed by atoms with Crippen LogP contribution >= 0.6 is 0 Å². The summed E-state index contributed by atoms with van der Waals surface area (Å²) in [5.74, 6) is 1.47. The molecule has 1 aliphatic carbocycles. The van der Waals surface area contributed by atoms with Crippen LogP contribution in [0.5, 0.6) is 0 Å². The number of fused-ring (bicyclic) bond motifs is 2. The molecule has 3 aliphatic rings. The van der Waals surface area contributed by atoms with Gasteiger partial charge >= 0.3 is 0 Å². The van der Waals surface area contributed by atoms with Gasteiger partial charge in [-0.05, 0) is 62.2 Å². The van der Waals surface area contributed by atoms with Gasteiger partial charge in [0.25, 0.3) is 0 Å². The van der Waals surface area contributed by atoms with Crippen molar-refractivity contribution in [2.45, 2.75) is 89.9 Å². The van der Waals surface area contributed by atoms with Crippen LogP contribution < -0.4 is 5.73 Å². The Balaban J connectivity index is 1.63. The van der Waals surface area contributed by atoms with Crippen LogP contribution in [0.4, 0.5) is 0 Å². The summed E-state index contributed by atoms with van der Waals surface area (Å²) in [5.41, 5.74) is 6.88. The maximum absolute atomic E-state index is 9.96. The van der Waals surface area contributed by atoms with Crippen molar-refractivity contribution in [3.63, 3.8) is 0 Å². The molecule has 0 radical (unpaired) electrons. The van der Waals surface area contributed by atoms with Crippen LogP contribution in [0, 0.1) is 17.3 Å². The molecule has 2 saturated heterocycles. The molecule has 0 aromatic rings. The fourth-order valence-electron chi connectivity index (χ4n) is 5.10. The zero-order valence-corrected chi connectivity index (χ0v) is 14.1. The smallest absolute Gasteiger partial charge is 0.0570 e. The molecule has 3 N–H and O–H groups in total. The first kappa shape index (κ1) is 15.8. The fourth-order valence-corrected chi connectivity index (χ4v) is 5.10. The van der Waals surface area contributed by atoms with Gasteiger partial charge in [-0.15, -0.1) is 0 Å². The lowest BCUT2D eigenvalue weighted by Gasteiger charge is -2.45. The maximum atomic E-state index is 9.96. The molecule has 0 aromatic heterocycles. The van der Waals surface area contributed by atoms with Gasteiger partial charge in [-0.1, -0.05) is 20.8 Å². The van der Waals surface area contributed by atoms with Gasteiger partial charge in [0.1, 0.15) is 0 Å². The van der Waals surface area contributed by atoms with E-state index in [0.29, 0.717) is 29.5 Å². The molecular weight excluding hydrogens is 260 g/mol. The van der Waals surface area contributed by atoms with E-state index in [1.165, 1.54) is 38.6 Å². The summed E-state index contributed by atoms with van der Waals surface area (Å²) in [6, 6.07) is 1.64. The van der Waals surface area contributed by atoms with Crippen molar-refractivity contribution in [1.82, 2.24) is 4.90 Å². The molecule has 0 aromatic carbocycles. The average Bonchev–Trinajstić information content (AvgIpc) is 2.63. The van der Waals surface area contributed by atoms with E-state index in [0.717, 1.165) is 18.8 Å². The van der Waals surface area contributed by atoms with E-state index < -0.39 is 0 Å². The van der Waals surface area contributed by atoms with E-state index in [2.05, 4.69) is 25.7 Å². The standard InChI is InChI=1S/C18H34N2O/c1-18(2,3)13-4-7-17(19)12(8-13)11-20-14-5-6-15(20)10-16(21)9-14/h12-17,21H,4-11,19H2,1-3H3. The summed E-state index contributed by atoms with van der Waals surface area (Å²) >= 11 is 0. The minimum atomic E-state index is -0.0545. The number of rotatable bonds is 2. The molecule has 1 saturated carbocycles. The average molecular weight is 294 g/mol. The monoisotopic (exact) mass is 294 g/mol. The van der Waals surface area contributed by atoms with Crippen molar-refractivity contribution in [2.75, 3.05) is 6.54 Å². The van der Waals surface area contributed by atoms with Gasteiger partial charge in [-0.25, -0.2) is 0 Å². The topological polar surface area (TPSA) is 49.5 Å². The van der Waals surface area contributed by atoms with Gasteiger partial charge in [0, 0.05) is 24.7 Å². The van der Waals surface area contributed by atoms with Crippen LogP contribution in [0.1, 0.15) is 65.7 Å². The van der Waals surface area contributed by atoms with Gasteiger partial charge in [-0.2, -0.15) is 0 Å². The first-order valence-corrected chi connectivity index (χ1v) is 9.04. The minimum Gasteiger partial charge on any atom is -0.393 e. The van der Waals surface area contributed by atoms with E-state index in [9.17, 15) is 5.11 Å². The third-order valence-electron chi connectivity index (χ3n) is 6.57. The van der Waals surface area contributed by atoms with Crippen molar-refractivity contribution >= 4 is 0 Å². The molecule has 3 rings (SSSR count). The molecule has 3 heteroatoms. The van der Waals surface area contributed by atoms with Crippen LogP contribution in [-0.4, -0.2) is 40.8 Å². The minimum absolute atomic E-state index is 0.0545. The van der Waals surface area contributed by atoms with E-state index >= 15 is 0 Å². The number of nitrogens with two attached hydrogens (primary N) is 1. The summed E-state index contributed by atoms with van der Waals surface area (Å²) in [7, 11) is 0. The van der Waals surface area contributed by atoms with E-state index in [4.69, 9.17) is 5.73 Å². The highest BCUT2D eigenvalue weighted by molar-refractivity contribution is 4.98. The number of piperidine rings is 1. The number of nitrogens with zero attached hydrogens (tertiary/aromatic N) is 1. The zero-order valence-electron chi connectivity index (χ0n) is 14.1. The van der Waals surface area contributed by atoms with Crippen molar-refractivity contribution < 1.29 is 5.11 Å². The number of aliphatic hydroxyl groups is 1. The Morgan fingerprint density at radius 1 is 1.00 bits per heavy atom. The summed E-state index contributed by atoms with van der Waals surface area (Å²) in [5, 5.41) is 9.96. The lowest BCUT2D eigenvalue weighted by molar-refractivity contribution is 0.0129. The van der Waals surface area contributed by atoms with E-state index in [1.807, 2.05) is 0 Å². The van der Waals surface area contributed by atoms with Crippen molar-refractivity contribution in [2.24, 2.45) is 23.0 Å². The quantitative estimate of drug-likeness (QED) is 0.823. The Morgan fingerprint density at radius 2 is 1.62 bits per heavy atom. The molecule has 0 spiro atoms. The second-order valence-corrected chi connectivity index (χ2v) is 9.01. The number of hydrogen-bond donors (Lipinski definition) is 2. The third-order valence-corrected chi connectivity index (χ3v) is 6.57. The lowest BCUT2D eigenvalue weighted by atomic mass is 9.67. The SMILES string of the molecule is CC(C)(C)C1CCC(N)C(CN2C3CCC2CC(O)C3)C1. The highest BCUT2D eigenvalue weighted by Gasteiger charge is 2.43. The van der Waals surface area contributed by atoms with Crippen LogP contribution in [0.25, 0.3) is 0 Å². The second-order valence-electron chi connectivity index (χ2n) is 9.01. The van der Waals surface area contributed by atoms with E-state index in [1.54, 1.807) is 0 Å². The summed E-state index contributed by atoms with van der Waals surface area (Å²) in [4.78, 5) is 2.71. The molecule has 5 atom stereocenters. The molecular formula is C18H34N2O. The Hall–Kier alpha value is -0.120. The molecule has 2 bridgehead atoms. The summed E-state index contributed by atoms with van der Waals surface area (Å²) in [6.45, 7) is 8.32. The van der Waals surface area contributed by atoms with E-state index in [-0.39, 0.29) is 6.10 Å². The van der Waals surface area contributed by atoms with Crippen LogP contribution in [0.3, 0.4) is 0 Å². The Kier molecular flexibility index (Phi) is 4.37. The zero-order chi connectivity index (χ0) is 15.2. The lowest BCUT2D eigenvalue weighted by Crippen LogP contribution is -2.51. The normalized spacial score (nSPS) is 45.0. The van der Waals surface area contributed by atoms with Crippen molar-refractivity contribution in [1.29, 1.82) is 0 Å². The highest BCUT2D eigenvalue weighted by atomic mass is 16.3. The van der Waals surface area contributed by atoms with Crippen LogP contribution in [0.2, 0.25) is 0 Å². The molecule has 0 amide bonds. The molecule has 3 nitrogen and oxygen atoms in total. The fraction of sp³-hybridized carbons (Fsp3) is 1.00. The Morgan fingerprint density at radius 3 is 2.19 bits per heavy atom. The van der Waals surface area contributed by atoms with Crippen molar-refractivity contribution in [3.8, 4) is 0 Å². The van der Waals surface area contributed by atoms with Crippen LogP contribution in [-0.2, 0) is 0 Å². The largest absolute Gasteiger partial charge is 0.393 e. The van der Waals surface area contributed by atoms with Gasteiger partial charge in [0.2, 0.25) is 0 Å². The first-order chi connectivity index (χ1) is 9.84. The Labute approximate surface area is 130 Å². The maximum Gasteiger partial charge on any atom is 0.0570 e. The first-order valence-electron chi connectivity index (χ1n) is 9.04. The summed E-state index contributed by atoms with van der Waals surface area (Å²) in [6.07, 6.45) is 8.27. The van der Waals surface area contributed by atoms with Crippen molar-refractivity contribution in [3.05, 3.63) is 0 Å². The molecule has 122 valence electrons. The van der Waals surface area contributed by atoms with Gasteiger partial charge in [0.15, 0.2) is 0 Å². The second kappa shape index (κ2) is 5.82. The van der Waals surface area contributed by atoms with Gasteiger partial charge < -0.3 is 10.8 Å². The molecule has 2 aliphatic heterocycles. The van der Waals surface area contributed by atoms with Gasteiger partial charge in [0.05, 0.1) is 6.10 Å². The Bertz CT molecular complexity index is 351. The highest BCUT2D eigenvalue weighted by Crippen LogP contribution is 2.42. The molecule has 21 heavy (non-hydrogen) atoms. The molecule has 5 unspecified atom stereocenters.